The lowest BCUT2D eigenvalue weighted by Crippen LogP contribution is -2.40. The highest BCUT2D eigenvalue weighted by molar-refractivity contribution is 7.89. The Bertz CT molecular complexity index is 901. The maximum absolute atomic E-state index is 13.2. The molecule has 8 heteroatoms. The fourth-order valence-corrected chi connectivity index (χ4v) is 6.00. The fourth-order valence-electron chi connectivity index (χ4n) is 4.57. The van der Waals surface area contributed by atoms with Crippen LogP contribution in [0.25, 0.3) is 0 Å². The second kappa shape index (κ2) is 10.1. The van der Waals surface area contributed by atoms with E-state index in [2.05, 4.69) is 22.4 Å². The van der Waals surface area contributed by atoms with Crippen LogP contribution in [0.15, 0.2) is 35.2 Å². The van der Waals surface area contributed by atoms with Crippen molar-refractivity contribution in [2.75, 3.05) is 49.6 Å². The number of hydrogen-bond acceptors (Lipinski definition) is 5. The van der Waals surface area contributed by atoms with Gasteiger partial charge in [0.1, 0.15) is 0 Å². The molecule has 0 bridgehead atoms. The summed E-state index contributed by atoms with van der Waals surface area (Å²) in [4.78, 5) is 15.5. The van der Waals surface area contributed by atoms with E-state index in [0.29, 0.717) is 32.0 Å². The van der Waals surface area contributed by atoms with E-state index in [4.69, 9.17) is 4.74 Å². The van der Waals surface area contributed by atoms with Gasteiger partial charge in [-0.05, 0) is 50.3 Å². The first-order valence-corrected chi connectivity index (χ1v) is 12.9. The summed E-state index contributed by atoms with van der Waals surface area (Å²) < 4.78 is 33.2. The summed E-state index contributed by atoms with van der Waals surface area (Å²) in [7, 11) is -3.63. The molecular weight excluding hydrogens is 414 g/mol. The number of anilines is 2. The lowest BCUT2D eigenvalue weighted by Gasteiger charge is -2.29. The highest BCUT2D eigenvalue weighted by atomic mass is 32.2. The number of nitrogens with one attached hydrogen (secondary N) is 1. The second-order valence-corrected chi connectivity index (χ2v) is 10.5. The van der Waals surface area contributed by atoms with Crippen LogP contribution in [0.2, 0.25) is 0 Å². The molecule has 1 aromatic rings. The Morgan fingerprint density at radius 1 is 1.00 bits per heavy atom. The SMILES string of the molecule is O=C(Nc1cc(S(=O)(=O)N2CCOCC2)ccc1N1CCCCCC1)[C@H]1CC=CCC1. The van der Waals surface area contributed by atoms with Crippen LogP contribution in [0.1, 0.15) is 44.9 Å². The molecule has 1 aromatic carbocycles. The molecule has 0 aromatic heterocycles. The van der Waals surface area contributed by atoms with E-state index >= 15 is 0 Å². The van der Waals surface area contributed by atoms with Gasteiger partial charge in [0.2, 0.25) is 15.9 Å². The van der Waals surface area contributed by atoms with E-state index in [0.717, 1.165) is 50.9 Å². The number of nitrogens with zero attached hydrogens (tertiary/aromatic N) is 2. The Morgan fingerprint density at radius 3 is 2.42 bits per heavy atom. The zero-order valence-electron chi connectivity index (χ0n) is 18.1. The summed E-state index contributed by atoms with van der Waals surface area (Å²) in [6.45, 7) is 3.36. The van der Waals surface area contributed by atoms with Gasteiger partial charge in [-0.15, -0.1) is 0 Å². The Balaban J connectivity index is 1.64. The molecule has 2 fully saturated rings. The molecule has 7 nitrogen and oxygen atoms in total. The van der Waals surface area contributed by atoms with Gasteiger partial charge in [-0.2, -0.15) is 4.31 Å². The number of benzene rings is 1. The van der Waals surface area contributed by atoms with Crippen molar-refractivity contribution in [2.24, 2.45) is 5.92 Å². The van der Waals surface area contributed by atoms with Crippen LogP contribution in [0.3, 0.4) is 0 Å². The fraction of sp³-hybridized carbons (Fsp3) is 0.609. The summed E-state index contributed by atoms with van der Waals surface area (Å²) in [6.07, 6.45) is 11.3. The highest BCUT2D eigenvalue weighted by Crippen LogP contribution is 2.33. The van der Waals surface area contributed by atoms with Crippen LogP contribution >= 0.6 is 0 Å². The predicted molar refractivity (Wildman–Crippen MR) is 122 cm³/mol. The number of rotatable bonds is 5. The molecule has 1 N–H and O–H groups in total. The average Bonchev–Trinajstić information content (AvgIpc) is 3.10. The molecular formula is C23H33N3O4S. The molecule has 170 valence electrons. The summed E-state index contributed by atoms with van der Waals surface area (Å²) in [5.41, 5.74) is 1.53. The molecule has 31 heavy (non-hydrogen) atoms. The van der Waals surface area contributed by atoms with Crippen LogP contribution < -0.4 is 10.2 Å². The van der Waals surface area contributed by atoms with E-state index in [1.165, 1.54) is 17.1 Å². The molecule has 2 aliphatic heterocycles. The molecule has 0 unspecified atom stereocenters. The monoisotopic (exact) mass is 447 g/mol. The maximum Gasteiger partial charge on any atom is 0.243 e. The molecule has 1 aliphatic carbocycles. The second-order valence-electron chi connectivity index (χ2n) is 8.57. The van der Waals surface area contributed by atoms with Crippen LogP contribution in [0.4, 0.5) is 11.4 Å². The topological polar surface area (TPSA) is 79.0 Å². The van der Waals surface area contributed by atoms with Crippen molar-refractivity contribution in [3.63, 3.8) is 0 Å². The quantitative estimate of drug-likeness (QED) is 0.700. The third-order valence-corrected chi connectivity index (χ3v) is 8.31. The van der Waals surface area contributed by atoms with E-state index in [1.54, 1.807) is 12.1 Å². The van der Waals surface area contributed by atoms with Crippen molar-refractivity contribution < 1.29 is 17.9 Å². The average molecular weight is 448 g/mol. The molecule has 4 rings (SSSR count). The van der Waals surface area contributed by atoms with Gasteiger partial charge in [0.25, 0.3) is 0 Å². The zero-order chi connectivity index (χ0) is 21.7. The van der Waals surface area contributed by atoms with E-state index in [1.807, 2.05) is 6.07 Å². The first-order chi connectivity index (χ1) is 15.1. The standard InChI is InChI=1S/C23H33N3O4S/c27-23(19-8-4-3-5-9-19)24-21-18-20(31(28,29)26-14-16-30-17-15-26)10-11-22(21)25-12-6-1-2-7-13-25/h3-4,10-11,18-19H,1-2,5-9,12-17H2,(H,24,27)/t19-/m0/s1. The number of ether oxygens (including phenoxy) is 1. The van der Waals surface area contributed by atoms with Gasteiger partial charge in [0.05, 0.1) is 29.5 Å². The first-order valence-electron chi connectivity index (χ1n) is 11.5. The molecule has 3 aliphatic rings. The third-order valence-electron chi connectivity index (χ3n) is 6.42. The number of hydrogen-bond donors (Lipinski definition) is 1. The summed E-state index contributed by atoms with van der Waals surface area (Å²) >= 11 is 0. The molecule has 0 radical (unpaired) electrons. The van der Waals surface area contributed by atoms with Crippen molar-refractivity contribution in [2.45, 2.75) is 49.8 Å². The lowest BCUT2D eigenvalue weighted by molar-refractivity contribution is -0.120. The number of allylic oxidation sites excluding steroid dienone is 2. The summed E-state index contributed by atoms with van der Waals surface area (Å²) in [6, 6.07) is 5.21. The van der Waals surface area contributed by atoms with Gasteiger partial charge < -0.3 is 15.0 Å². The van der Waals surface area contributed by atoms with Crippen molar-refractivity contribution in [1.29, 1.82) is 0 Å². The number of amides is 1. The third kappa shape index (κ3) is 5.30. The van der Waals surface area contributed by atoms with E-state index < -0.39 is 10.0 Å². The number of morpholine rings is 1. The van der Waals surface area contributed by atoms with Gasteiger partial charge in [0, 0.05) is 32.1 Å². The summed E-state index contributed by atoms with van der Waals surface area (Å²) in [5, 5.41) is 3.09. The van der Waals surface area contributed by atoms with Gasteiger partial charge in [-0.1, -0.05) is 25.0 Å². The van der Waals surface area contributed by atoms with Crippen molar-refractivity contribution in [1.82, 2.24) is 4.31 Å². The first kappa shape index (κ1) is 22.3. The van der Waals surface area contributed by atoms with Crippen LogP contribution in [0, 0.1) is 5.92 Å². The molecule has 2 heterocycles. The molecule has 0 saturated carbocycles. The highest BCUT2D eigenvalue weighted by Gasteiger charge is 2.28. The van der Waals surface area contributed by atoms with Gasteiger partial charge >= 0.3 is 0 Å². The smallest absolute Gasteiger partial charge is 0.243 e. The van der Waals surface area contributed by atoms with Crippen LogP contribution in [0.5, 0.6) is 0 Å². The minimum atomic E-state index is -3.63. The zero-order valence-corrected chi connectivity index (χ0v) is 18.9. The molecule has 1 atom stereocenters. The van der Waals surface area contributed by atoms with Crippen LogP contribution in [-0.4, -0.2) is 58.0 Å². The van der Waals surface area contributed by atoms with Gasteiger partial charge in [0.15, 0.2) is 0 Å². The predicted octanol–water partition coefficient (Wildman–Crippen LogP) is 3.38. The molecule has 1 amide bonds. The molecule has 0 spiro atoms. The Kier molecular flexibility index (Phi) is 7.30. The summed E-state index contributed by atoms with van der Waals surface area (Å²) in [5.74, 6) is -0.0946. The van der Waals surface area contributed by atoms with E-state index in [9.17, 15) is 13.2 Å². The van der Waals surface area contributed by atoms with Crippen molar-refractivity contribution in [3.8, 4) is 0 Å². The van der Waals surface area contributed by atoms with Gasteiger partial charge in [-0.25, -0.2) is 8.42 Å². The maximum atomic E-state index is 13.2. The molecule has 2 saturated heterocycles. The normalized spacial score (nSPS) is 23.4. The minimum absolute atomic E-state index is 0.0265. The lowest BCUT2D eigenvalue weighted by atomic mass is 9.93. The largest absolute Gasteiger partial charge is 0.379 e. The Labute approximate surface area is 185 Å². The van der Waals surface area contributed by atoms with Crippen molar-refractivity contribution in [3.05, 3.63) is 30.4 Å². The van der Waals surface area contributed by atoms with Crippen LogP contribution in [-0.2, 0) is 19.6 Å². The minimum Gasteiger partial charge on any atom is -0.379 e. The van der Waals surface area contributed by atoms with Gasteiger partial charge in [-0.3, -0.25) is 4.79 Å². The number of carbonyl (C=O) groups excluding carboxylic acids is 1. The Hall–Kier alpha value is -1.90. The number of carbonyl (C=O) groups is 1. The van der Waals surface area contributed by atoms with Crippen molar-refractivity contribution >= 4 is 27.3 Å². The number of sulfonamides is 1. The van der Waals surface area contributed by atoms with E-state index in [-0.39, 0.29) is 16.7 Å². The Morgan fingerprint density at radius 2 is 1.74 bits per heavy atom.